The molecule has 0 N–H and O–H groups in total. The van der Waals surface area contributed by atoms with Crippen LogP contribution in [0.3, 0.4) is 0 Å². The van der Waals surface area contributed by atoms with Gasteiger partial charge in [-0.2, -0.15) is 0 Å². The summed E-state index contributed by atoms with van der Waals surface area (Å²) in [7, 11) is 0. The Morgan fingerprint density at radius 1 is 0.839 bits per heavy atom. The second-order valence-corrected chi connectivity index (χ2v) is 18.0. The van der Waals surface area contributed by atoms with Gasteiger partial charge >= 0.3 is 29.8 Å². The van der Waals surface area contributed by atoms with Crippen LogP contribution in [0.25, 0.3) is 0 Å². The van der Waals surface area contributed by atoms with Gasteiger partial charge < -0.3 is 33.2 Å². The normalized spacial score (nSPS) is 40.9. The van der Waals surface area contributed by atoms with E-state index in [2.05, 4.69) is 33.8 Å². The molecular weight excluding hydrogens is 722 g/mol. The molecule has 13 heteroatoms. The molecule has 4 fully saturated rings. The number of carbonyl (C=O) groups excluding carboxylic acids is 5. The molecule has 13 nitrogen and oxygen atoms in total. The van der Waals surface area contributed by atoms with Crippen molar-refractivity contribution in [2.75, 3.05) is 13.2 Å². The number of hydrogen-bond acceptors (Lipinski definition) is 13. The highest BCUT2D eigenvalue weighted by Crippen LogP contribution is 2.68. The van der Waals surface area contributed by atoms with Crippen LogP contribution in [0.4, 0.5) is 0 Å². The summed E-state index contributed by atoms with van der Waals surface area (Å²) in [5, 5.41) is 0. The lowest BCUT2D eigenvalue weighted by molar-refractivity contribution is -0.318. The molecule has 0 radical (unpaired) electrons. The van der Waals surface area contributed by atoms with Crippen LogP contribution >= 0.6 is 0 Å². The minimum atomic E-state index is -1.28. The van der Waals surface area contributed by atoms with Gasteiger partial charge in [0, 0.05) is 58.7 Å². The number of hydrogen-bond donors (Lipinski definition) is 0. The summed E-state index contributed by atoms with van der Waals surface area (Å²) in [6.45, 7) is 16.4. The zero-order chi connectivity index (χ0) is 40.7. The van der Waals surface area contributed by atoms with Crippen molar-refractivity contribution in [2.24, 2.45) is 51.3 Å². The van der Waals surface area contributed by atoms with Gasteiger partial charge in [-0.15, -0.1) is 0 Å². The Labute approximate surface area is 331 Å². The van der Waals surface area contributed by atoms with Crippen LogP contribution in [0, 0.1) is 46.3 Å². The fraction of sp³-hybridized carbons (Fsp3) is 0.814. The molecule has 15 atom stereocenters. The quantitative estimate of drug-likeness (QED) is 0.143. The Hall–Kier alpha value is -3.32. The number of aliphatic imine (C=N–C) groups is 1. The average molecular weight is 786 g/mol. The maximum atomic E-state index is 12.5. The topological polar surface area (TPSA) is 162 Å². The predicted octanol–water partition coefficient (Wildman–Crippen LogP) is 6.08. The van der Waals surface area contributed by atoms with E-state index >= 15 is 0 Å². The molecule has 6 rings (SSSR count). The summed E-state index contributed by atoms with van der Waals surface area (Å²) in [6.07, 6.45) is 4.33. The van der Waals surface area contributed by atoms with Gasteiger partial charge in [0.1, 0.15) is 18.8 Å². The minimum absolute atomic E-state index is 0.0312. The molecule has 0 aromatic carbocycles. The molecule has 4 aliphatic carbocycles. The number of esters is 5. The second kappa shape index (κ2) is 16.9. The molecule has 2 aliphatic heterocycles. The Kier molecular flexibility index (Phi) is 12.7. The lowest BCUT2D eigenvalue weighted by atomic mass is 9.47. The molecule has 0 aromatic rings. The van der Waals surface area contributed by atoms with Gasteiger partial charge in [0.25, 0.3) is 0 Å². The van der Waals surface area contributed by atoms with Gasteiger partial charge in [-0.05, 0) is 92.3 Å². The molecule has 312 valence electrons. The number of allylic oxidation sites excluding steroid dienone is 1. The van der Waals surface area contributed by atoms with Crippen molar-refractivity contribution in [1.82, 2.24) is 0 Å². The van der Waals surface area contributed by atoms with E-state index in [4.69, 9.17) is 38.2 Å². The first kappa shape index (κ1) is 42.3. The minimum Gasteiger partial charge on any atom is -0.463 e. The first-order valence-electron chi connectivity index (χ1n) is 20.8. The van der Waals surface area contributed by atoms with E-state index in [0.717, 1.165) is 51.5 Å². The summed E-state index contributed by atoms with van der Waals surface area (Å²) >= 11 is 0. The maximum Gasteiger partial charge on any atom is 0.303 e. The van der Waals surface area contributed by atoms with E-state index in [0.29, 0.717) is 36.5 Å². The standard InChI is InChI=1S/C43H63NO12/c1-22-10-13-34(44-20-22)23(2)37-35(51-25(4)46)19-33-31-12-11-29-18-30(14-16-42(29,8)32(31)15-17-43(33,37)9)55-41-40(54-28(7)49)39(53-27(6)48)38(52-26(5)47)36(56-41)21-50-24(3)45/h11,22-23,30-33,35-41H,10,12-21H2,1-9H3/t22-,23+,30-,31+,32-,33-,35+,36+,37-,38+,39-,40+,41-,42-,43-/m0/s1. The van der Waals surface area contributed by atoms with Gasteiger partial charge in [-0.1, -0.05) is 39.3 Å². The van der Waals surface area contributed by atoms with Crippen LogP contribution < -0.4 is 0 Å². The van der Waals surface area contributed by atoms with Crippen molar-refractivity contribution < 1.29 is 57.1 Å². The first-order chi connectivity index (χ1) is 26.4. The monoisotopic (exact) mass is 785 g/mol. The van der Waals surface area contributed by atoms with E-state index < -0.39 is 54.6 Å². The molecule has 1 saturated heterocycles. The van der Waals surface area contributed by atoms with Crippen LogP contribution in [0.5, 0.6) is 0 Å². The Balaban J connectivity index is 1.23. The van der Waals surface area contributed by atoms with E-state index in [1.807, 2.05) is 0 Å². The van der Waals surface area contributed by atoms with Crippen molar-refractivity contribution in [3.05, 3.63) is 11.6 Å². The van der Waals surface area contributed by atoms with E-state index in [-0.39, 0.29) is 47.4 Å². The number of fused-ring (bicyclic) bond motifs is 5. The number of rotatable bonds is 10. The lowest BCUT2D eigenvalue weighted by Crippen LogP contribution is -2.63. The fourth-order valence-corrected chi connectivity index (χ4v) is 11.9. The van der Waals surface area contributed by atoms with Crippen LogP contribution in [0.2, 0.25) is 0 Å². The van der Waals surface area contributed by atoms with Crippen molar-refractivity contribution in [2.45, 2.75) is 163 Å². The van der Waals surface area contributed by atoms with Gasteiger partial charge in [-0.25, -0.2) is 0 Å². The second-order valence-electron chi connectivity index (χ2n) is 18.0. The number of nitrogens with zero attached hydrogens (tertiary/aromatic N) is 1. The van der Waals surface area contributed by atoms with Crippen molar-refractivity contribution in [3.63, 3.8) is 0 Å². The highest BCUT2D eigenvalue weighted by molar-refractivity contribution is 5.87. The molecule has 6 aliphatic rings. The smallest absolute Gasteiger partial charge is 0.303 e. The molecule has 0 bridgehead atoms. The first-order valence-corrected chi connectivity index (χ1v) is 20.8. The van der Waals surface area contributed by atoms with E-state index in [1.54, 1.807) is 0 Å². The van der Waals surface area contributed by atoms with Crippen LogP contribution in [-0.2, 0) is 57.1 Å². The zero-order valence-corrected chi connectivity index (χ0v) is 34.7. The summed E-state index contributed by atoms with van der Waals surface area (Å²) < 4.78 is 41.2. The molecule has 2 heterocycles. The molecule has 0 aromatic heterocycles. The molecule has 0 spiro atoms. The Morgan fingerprint density at radius 3 is 2.12 bits per heavy atom. The molecule has 0 unspecified atom stereocenters. The maximum absolute atomic E-state index is 12.5. The SMILES string of the molecule is CC(=O)OC[C@H]1O[C@H](O[C@H]2CC[C@@]3(C)C(=CC[C@H]4[C@@H]5C[C@@H](OC(C)=O)[C@H]([C@H](C)C6=NC[C@@H](C)CC6)[C@@]5(C)CC[C@@H]43)C2)[C@H](OC(C)=O)[C@@H](OC(C)=O)[C@@H]1OC(C)=O. The largest absolute Gasteiger partial charge is 0.463 e. The average Bonchev–Trinajstić information content (AvgIpc) is 3.40. The van der Waals surface area contributed by atoms with Crippen LogP contribution in [-0.4, -0.2) is 91.6 Å². The third-order valence-electron chi connectivity index (χ3n) is 14.3. The molecular formula is C43H63NO12. The molecule has 3 saturated carbocycles. The fourth-order valence-electron chi connectivity index (χ4n) is 11.9. The lowest BCUT2D eigenvalue weighted by Gasteiger charge is -2.58. The van der Waals surface area contributed by atoms with Gasteiger partial charge in [0.05, 0.1) is 6.10 Å². The number of carbonyl (C=O) groups is 5. The van der Waals surface area contributed by atoms with Gasteiger partial charge in [0.2, 0.25) is 0 Å². The van der Waals surface area contributed by atoms with Crippen molar-refractivity contribution in [3.8, 4) is 0 Å². The van der Waals surface area contributed by atoms with Gasteiger partial charge in [-0.3, -0.25) is 29.0 Å². The Bertz CT molecular complexity index is 1590. The summed E-state index contributed by atoms with van der Waals surface area (Å²) in [4.78, 5) is 66.3. The predicted molar refractivity (Wildman–Crippen MR) is 203 cm³/mol. The van der Waals surface area contributed by atoms with Crippen molar-refractivity contribution >= 4 is 35.6 Å². The third-order valence-corrected chi connectivity index (χ3v) is 14.3. The van der Waals surface area contributed by atoms with E-state index in [1.165, 1.54) is 45.9 Å². The van der Waals surface area contributed by atoms with Gasteiger partial charge in [0.15, 0.2) is 24.6 Å². The summed E-state index contributed by atoms with van der Waals surface area (Å²) in [5.74, 6) is -0.375. The molecule has 0 amide bonds. The highest BCUT2D eigenvalue weighted by Gasteiger charge is 2.63. The van der Waals surface area contributed by atoms with Crippen LogP contribution in [0.1, 0.15) is 120 Å². The van der Waals surface area contributed by atoms with Crippen molar-refractivity contribution in [1.29, 1.82) is 0 Å². The Morgan fingerprint density at radius 2 is 1.50 bits per heavy atom. The van der Waals surface area contributed by atoms with E-state index in [9.17, 15) is 24.0 Å². The summed E-state index contributed by atoms with van der Waals surface area (Å²) in [5.41, 5.74) is 2.62. The zero-order valence-electron chi connectivity index (χ0n) is 34.7. The highest BCUT2D eigenvalue weighted by atomic mass is 16.7. The molecule has 56 heavy (non-hydrogen) atoms. The number of ether oxygens (including phenoxy) is 7. The summed E-state index contributed by atoms with van der Waals surface area (Å²) in [6, 6.07) is 0. The van der Waals surface area contributed by atoms with Crippen LogP contribution in [0.15, 0.2) is 16.6 Å². The third kappa shape index (κ3) is 8.59.